The monoisotopic (exact) mass is 263 g/mol. The van der Waals surface area contributed by atoms with Gasteiger partial charge in [0.05, 0.1) is 12.1 Å². The van der Waals surface area contributed by atoms with Crippen molar-refractivity contribution in [1.29, 1.82) is 0 Å². The van der Waals surface area contributed by atoms with E-state index < -0.39 is 5.54 Å². The third kappa shape index (κ3) is 2.89. The maximum absolute atomic E-state index is 12.1. The molecule has 1 aromatic carbocycles. The molecule has 1 N–H and O–H groups in total. The van der Waals surface area contributed by atoms with Crippen molar-refractivity contribution in [2.45, 2.75) is 38.3 Å². The van der Waals surface area contributed by atoms with Crippen molar-refractivity contribution in [1.82, 2.24) is 4.90 Å². The Balaban J connectivity index is 1.96. The van der Waals surface area contributed by atoms with E-state index in [2.05, 4.69) is 0 Å². The van der Waals surface area contributed by atoms with Crippen LogP contribution in [0, 0.1) is 0 Å². The highest BCUT2D eigenvalue weighted by atomic mass is 16.6. The molecule has 1 atom stereocenters. The van der Waals surface area contributed by atoms with Crippen molar-refractivity contribution in [2.75, 3.05) is 13.2 Å². The Morgan fingerprint density at radius 2 is 2.16 bits per heavy atom. The van der Waals surface area contributed by atoms with Crippen LogP contribution in [0.4, 0.5) is 4.79 Å². The first-order valence-corrected chi connectivity index (χ1v) is 6.81. The SMILES string of the molecule is CCC1(CO)CCCN1C(=O)OCc1ccccc1. The summed E-state index contributed by atoms with van der Waals surface area (Å²) in [6.45, 7) is 2.95. The van der Waals surface area contributed by atoms with E-state index in [1.54, 1.807) is 4.90 Å². The van der Waals surface area contributed by atoms with E-state index >= 15 is 0 Å². The number of ether oxygens (including phenoxy) is 1. The summed E-state index contributed by atoms with van der Waals surface area (Å²) < 4.78 is 5.35. The van der Waals surface area contributed by atoms with Crippen molar-refractivity contribution in [2.24, 2.45) is 0 Å². The Morgan fingerprint density at radius 1 is 1.42 bits per heavy atom. The van der Waals surface area contributed by atoms with E-state index in [-0.39, 0.29) is 19.3 Å². The maximum atomic E-state index is 12.1. The number of aliphatic hydroxyl groups is 1. The van der Waals surface area contributed by atoms with E-state index in [0.717, 1.165) is 24.8 Å². The van der Waals surface area contributed by atoms with Crippen LogP contribution in [0.15, 0.2) is 30.3 Å². The number of hydrogen-bond acceptors (Lipinski definition) is 3. The van der Waals surface area contributed by atoms with Crippen molar-refractivity contribution in [3.8, 4) is 0 Å². The topological polar surface area (TPSA) is 49.8 Å². The molecule has 4 nitrogen and oxygen atoms in total. The van der Waals surface area contributed by atoms with E-state index in [4.69, 9.17) is 4.74 Å². The molecule has 0 radical (unpaired) electrons. The molecule has 4 heteroatoms. The normalized spacial score (nSPS) is 22.5. The molecule has 0 saturated carbocycles. The number of likely N-dealkylation sites (tertiary alicyclic amines) is 1. The van der Waals surface area contributed by atoms with Gasteiger partial charge in [-0.3, -0.25) is 0 Å². The highest BCUT2D eigenvalue weighted by Crippen LogP contribution is 2.32. The number of carbonyl (C=O) groups excluding carboxylic acids is 1. The summed E-state index contributed by atoms with van der Waals surface area (Å²) in [5.41, 5.74) is 0.550. The van der Waals surface area contributed by atoms with Gasteiger partial charge in [-0.15, -0.1) is 0 Å². The zero-order chi connectivity index (χ0) is 13.7. The minimum absolute atomic E-state index is 0.00391. The summed E-state index contributed by atoms with van der Waals surface area (Å²) >= 11 is 0. The number of amides is 1. The first kappa shape index (κ1) is 13.9. The lowest BCUT2D eigenvalue weighted by Gasteiger charge is -2.35. The second-order valence-electron chi connectivity index (χ2n) is 5.03. The number of carbonyl (C=O) groups is 1. The minimum Gasteiger partial charge on any atom is -0.445 e. The molecule has 1 fully saturated rings. The summed E-state index contributed by atoms with van der Waals surface area (Å²) in [4.78, 5) is 13.8. The molecular formula is C15H21NO3. The molecule has 0 aromatic heterocycles. The Morgan fingerprint density at radius 3 is 2.79 bits per heavy atom. The minimum atomic E-state index is -0.423. The van der Waals surface area contributed by atoms with Crippen molar-refractivity contribution in [3.63, 3.8) is 0 Å². The van der Waals surface area contributed by atoms with Gasteiger partial charge in [0.25, 0.3) is 0 Å². The lowest BCUT2D eigenvalue weighted by molar-refractivity contribution is 0.0352. The molecule has 1 heterocycles. The van der Waals surface area contributed by atoms with E-state index in [9.17, 15) is 9.90 Å². The van der Waals surface area contributed by atoms with Crippen LogP contribution in [0.25, 0.3) is 0 Å². The zero-order valence-corrected chi connectivity index (χ0v) is 11.3. The van der Waals surface area contributed by atoms with Crippen LogP contribution < -0.4 is 0 Å². The van der Waals surface area contributed by atoms with Gasteiger partial charge < -0.3 is 14.7 Å². The standard InChI is InChI=1S/C15H21NO3/c1-2-15(12-17)9-6-10-16(15)14(18)19-11-13-7-4-3-5-8-13/h3-5,7-8,17H,2,6,9-12H2,1H3. The fourth-order valence-corrected chi connectivity index (χ4v) is 2.66. The Kier molecular flexibility index (Phi) is 4.43. The predicted molar refractivity (Wildman–Crippen MR) is 72.7 cm³/mol. The number of nitrogens with zero attached hydrogens (tertiary/aromatic N) is 1. The van der Waals surface area contributed by atoms with Gasteiger partial charge in [-0.2, -0.15) is 0 Å². The zero-order valence-electron chi connectivity index (χ0n) is 11.3. The first-order chi connectivity index (χ1) is 9.22. The Hall–Kier alpha value is -1.55. The quantitative estimate of drug-likeness (QED) is 0.908. The summed E-state index contributed by atoms with van der Waals surface area (Å²) in [7, 11) is 0. The second-order valence-corrected chi connectivity index (χ2v) is 5.03. The third-order valence-corrected chi connectivity index (χ3v) is 3.97. The number of rotatable bonds is 4. The van der Waals surface area contributed by atoms with Gasteiger partial charge in [-0.05, 0) is 24.8 Å². The van der Waals surface area contributed by atoms with E-state index in [0.29, 0.717) is 6.54 Å². The molecule has 1 aliphatic rings. The smallest absolute Gasteiger partial charge is 0.410 e. The van der Waals surface area contributed by atoms with Crippen molar-refractivity contribution < 1.29 is 14.6 Å². The molecular weight excluding hydrogens is 242 g/mol. The molecule has 0 spiro atoms. The van der Waals surface area contributed by atoms with E-state index in [1.807, 2.05) is 37.3 Å². The molecule has 1 saturated heterocycles. The summed E-state index contributed by atoms with van der Waals surface area (Å²) in [5, 5.41) is 9.57. The number of aliphatic hydroxyl groups excluding tert-OH is 1. The van der Waals surface area contributed by atoms with Gasteiger partial charge in [0, 0.05) is 6.54 Å². The highest BCUT2D eigenvalue weighted by molar-refractivity contribution is 5.69. The van der Waals surface area contributed by atoms with Gasteiger partial charge >= 0.3 is 6.09 Å². The van der Waals surface area contributed by atoms with Gasteiger partial charge in [0.1, 0.15) is 6.61 Å². The lowest BCUT2D eigenvalue weighted by Crippen LogP contribution is -2.49. The lowest BCUT2D eigenvalue weighted by atomic mass is 9.94. The predicted octanol–water partition coefficient (Wildman–Crippen LogP) is 2.56. The van der Waals surface area contributed by atoms with Crippen LogP contribution in [-0.4, -0.2) is 34.8 Å². The Bertz CT molecular complexity index is 415. The average molecular weight is 263 g/mol. The van der Waals surface area contributed by atoms with Crippen LogP contribution in [0.3, 0.4) is 0 Å². The molecule has 104 valence electrons. The van der Waals surface area contributed by atoms with Crippen LogP contribution in [0.2, 0.25) is 0 Å². The van der Waals surface area contributed by atoms with E-state index in [1.165, 1.54) is 0 Å². The Labute approximate surface area is 114 Å². The van der Waals surface area contributed by atoms with Crippen LogP contribution in [-0.2, 0) is 11.3 Å². The first-order valence-electron chi connectivity index (χ1n) is 6.81. The van der Waals surface area contributed by atoms with Crippen molar-refractivity contribution >= 4 is 6.09 Å². The third-order valence-electron chi connectivity index (χ3n) is 3.97. The summed E-state index contributed by atoms with van der Waals surface area (Å²) in [5.74, 6) is 0. The largest absolute Gasteiger partial charge is 0.445 e. The van der Waals surface area contributed by atoms with Gasteiger partial charge in [0.15, 0.2) is 0 Å². The fourth-order valence-electron chi connectivity index (χ4n) is 2.66. The summed E-state index contributed by atoms with van der Waals surface area (Å²) in [6.07, 6.45) is 2.21. The number of hydrogen-bond donors (Lipinski definition) is 1. The molecule has 2 rings (SSSR count). The second kappa shape index (κ2) is 6.06. The van der Waals surface area contributed by atoms with Crippen LogP contribution >= 0.6 is 0 Å². The molecule has 0 bridgehead atoms. The molecule has 1 amide bonds. The van der Waals surface area contributed by atoms with Crippen molar-refractivity contribution in [3.05, 3.63) is 35.9 Å². The van der Waals surface area contributed by atoms with Gasteiger partial charge in [0.2, 0.25) is 0 Å². The number of benzene rings is 1. The molecule has 1 aromatic rings. The average Bonchev–Trinajstić information content (AvgIpc) is 2.90. The molecule has 1 unspecified atom stereocenters. The van der Waals surface area contributed by atoms with Crippen LogP contribution in [0.5, 0.6) is 0 Å². The summed E-state index contributed by atoms with van der Waals surface area (Å²) in [6, 6.07) is 9.62. The van der Waals surface area contributed by atoms with Crippen LogP contribution in [0.1, 0.15) is 31.7 Å². The molecule has 0 aliphatic carbocycles. The van der Waals surface area contributed by atoms with Gasteiger partial charge in [-0.25, -0.2) is 4.79 Å². The fraction of sp³-hybridized carbons (Fsp3) is 0.533. The maximum Gasteiger partial charge on any atom is 0.410 e. The highest BCUT2D eigenvalue weighted by Gasteiger charge is 2.42. The van der Waals surface area contributed by atoms with Gasteiger partial charge in [-0.1, -0.05) is 37.3 Å². The molecule has 1 aliphatic heterocycles. The molecule has 19 heavy (non-hydrogen) atoms.